The van der Waals surface area contributed by atoms with E-state index in [0.29, 0.717) is 0 Å². The quantitative estimate of drug-likeness (QED) is 0.793. The molecule has 1 aromatic carbocycles. The Balaban J connectivity index is 1.76. The normalized spacial score (nSPS) is 16.4. The lowest BCUT2D eigenvalue weighted by molar-refractivity contribution is 0.0369. The number of nitrogens with zero attached hydrogens (tertiary/aromatic N) is 3. The Hall–Kier alpha value is -1.63. The van der Waals surface area contributed by atoms with Crippen LogP contribution in [0.3, 0.4) is 0 Å². The smallest absolute Gasteiger partial charge is 0.190 e. The fourth-order valence-corrected chi connectivity index (χ4v) is 3.96. The SMILES string of the molecule is COc1ccc(C)cc1N=c1scc(C)n1CCCN1CCOCC1. The molecule has 136 valence electrons. The van der Waals surface area contributed by atoms with Gasteiger partial charge in [-0.05, 0) is 38.0 Å². The number of morpholine rings is 1. The van der Waals surface area contributed by atoms with Gasteiger partial charge in [-0.2, -0.15) is 0 Å². The van der Waals surface area contributed by atoms with Crippen LogP contribution in [-0.4, -0.2) is 49.4 Å². The molecule has 2 aromatic rings. The summed E-state index contributed by atoms with van der Waals surface area (Å²) < 4.78 is 13.2. The molecule has 6 heteroatoms. The van der Waals surface area contributed by atoms with Gasteiger partial charge in [-0.25, -0.2) is 4.99 Å². The van der Waals surface area contributed by atoms with Crippen molar-refractivity contribution >= 4 is 17.0 Å². The van der Waals surface area contributed by atoms with Crippen molar-refractivity contribution in [1.82, 2.24) is 9.47 Å². The molecule has 3 rings (SSSR count). The number of aryl methyl sites for hydroxylation is 2. The van der Waals surface area contributed by atoms with E-state index in [1.807, 2.05) is 12.1 Å². The molecule has 0 bridgehead atoms. The van der Waals surface area contributed by atoms with E-state index in [2.05, 4.69) is 34.8 Å². The highest BCUT2D eigenvalue weighted by Crippen LogP contribution is 2.27. The van der Waals surface area contributed by atoms with Gasteiger partial charge in [-0.1, -0.05) is 6.07 Å². The van der Waals surface area contributed by atoms with Crippen LogP contribution in [0.15, 0.2) is 28.6 Å². The maximum Gasteiger partial charge on any atom is 0.190 e. The number of rotatable bonds is 6. The Bertz CT molecular complexity index is 760. The summed E-state index contributed by atoms with van der Waals surface area (Å²) in [4.78, 5) is 8.39. The van der Waals surface area contributed by atoms with Crippen LogP contribution in [0.2, 0.25) is 0 Å². The van der Waals surface area contributed by atoms with E-state index in [4.69, 9.17) is 14.5 Å². The molecular formula is C19H27N3O2S. The number of hydrogen-bond donors (Lipinski definition) is 0. The van der Waals surface area contributed by atoms with Crippen molar-refractivity contribution in [2.45, 2.75) is 26.8 Å². The predicted molar refractivity (Wildman–Crippen MR) is 102 cm³/mol. The maximum atomic E-state index is 5.46. The second-order valence-corrected chi connectivity index (χ2v) is 7.24. The Morgan fingerprint density at radius 1 is 1.20 bits per heavy atom. The van der Waals surface area contributed by atoms with Gasteiger partial charge in [0.1, 0.15) is 11.4 Å². The summed E-state index contributed by atoms with van der Waals surface area (Å²) in [5.74, 6) is 0.816. The van der Waals surface area contributed by atoms with Crippen LogP contribution in [-0.2, 0) is 11.3 Å². The summed E-state index contributed by atoms with van der Waals surface area (Å²) in [6, 6.07) is 6.11. The van der Waals surface area contributed by atoms with Crippen LogP contribution in [0.4, 0.5) is 5.69 Å². The van der Waals surface area contributed by atoms with Crippen LogP contribution in [0.1, 0.15) is 17.7 Å². The maximum absolute atomic E-state index is 5.46. The Labute approximate surface area is 153 Å². The monoisotopic (exact) mass is 361 g/mol. The van der Waals surface area contributed by atoms with E-state index < -0.39 is 0 Å². The molecular weight excluding hydrogens is 334 g/mol. The second kappa shape index (κ2) is 8.65. The highest BCUT2D eigenvalue weighted by atomic mass is 32.1. The first kappa shape index (κ1) is 18.2. The number of aromatic nitrogens is 1. The number of hydrogen-bond acceptors (Lipinski definition) is 5. The summed E-state index contributed by atoms with van der Waals surface area (Å²) in [6.07, 6.45) is 1.12. The minimum absolute atomic E-state index is 0.816. The molecule has 0 amide bonds. The second-order valence-electron chi connectivity index (χ2n) is 6.41. The summed E-state index contributed by atoms with van der Waals surface area (Å²) in [7, 11) is 1.69. The molecule has 0 aliphatic carbocycles. The van der Waals surface area contributed by atoms with E-state index in [0.717, 1.165) is 62.1 Å². The van der Waals surface area contributed by atoms with Gasteiger partial charge in [-0.3, -0.25) is 4.90 Å². The zero-order valence-corrected chi connectivity index (χ0v) is 16.1. The molecule has 1 aliphatic heterocycles. The number of thiazole rings is 1. The molecule has 1 fully saturated rings. The van der Waals surface area contributed by atoms with Gasteiger partial charge in [0.15, 0.2) is 4.80 Å². The van der Waals surface area contributed by atoms with Crippen LogP contribution >= 0.6 is 11.3 Å². The minimum Gasteiger partial charge on any atom is -0.494 e. The summed E-state index contributed by atoms with van der Waals surface area (Å²) in [5.41, 5.74) is 3.34. The zero-order valence-electron chi connectivity index (χ0n) is 15.3. The van der Waals surface area contributed by atoms with Gasteiger partial charge in [0.25, 0.3) is 0 Å². The first-order chi connectivity index (χ1) is 12.2. The van der Waals surface area contributed by atoms with E-state index in [9.17, 15) is 0 Å². The standard InChI is InChI=1S/C19H27N3O2S/c1-15-5-6-18(23-3)17(13-15)20-19-22(16(2)14-25-19)8-4-7-21-9-11-24-12-10-21/h5-6,13-14H,4,7-12H2,1-3H3. The zero-order chi connectivity index (χ0) is 17.6. The Kier molecular flexibility index (Phi) is 6.29. The van der Waals surface area contributed by atoms with E-state index in [1.165, 1.54) is 11.3 Å². The molecule has 2 heterocycles. The van der Waals surface area contributed by atoms with Crippen molar-refractivity contribution < 1.29 is 9.47 Å². The average molecular weight is 362 g/mol. The lowest BCUT2D eigenvalue weighted by Crippen LogP contribution is -2.37. The highest BCUT2D eigenvalue weighted by Gasteiger charge is 2.10. The molecule has 0 spiro atoms. The van der Waals surface area contributed by atoms with Crippen molar-refractivity contribution in [2.75, 3.05) is 40.0 Å². The van der Waals surface area contributed by atoms with E-state index >= 15 is 0 Å². The van der Waals surface area contributed by atoms with Crippen LogP contribution in [0.5, 0.6) is 5.75 Å². The van der Waals surface area contributed by atoms with E-state index in [1.54, 1.807) is 18.4 Å². The third-order valence-corrected chi connectivity index (χ3v) is 5.48. The molecule has 1 saturated heterocycles. The lowest BCUT2D eigenvalue weighted by Gasteiger charge is -2.26. The predicted octanol–water partition coefficient (Wildman–Crippen LogP) is 3.13. The van der Waals surface area contributed by atoms with Gasteiger partial charge in [-0.15, -0.1) is 11.3 Å². The Morgan fingerprint density at radius 2 is 2.00 bits per heavy atom. The van der Waals surface area contributed by atoms with Gasteiger partial charge in [0, 0.05) is 37.3 Å². The topological polar surface area (TPSA) is 39.0 Å². The van der Waals surface area contributed by atoms with E-state index in [-0.39, 0.29) is 0 Å². The van der Waals surface area contributed by atoms with Crippen molar-refractivity contribution in [3.05, 3.63) is 39.6 Å². The van der Waals surface area contributed by atoms with Crippen LogP contribution in [0.25, 0.3) is 0 Å². The van der Waals surface area contributed by atoms with Crippen molar-refractivity contribution in [3.8, 4) is 5.75 Å². The van der Waals surface area contributed by atoms with Gasteiger partial charge >= 0.3 is 0 Å². The average Bonchev–Trinajstić information content (AvgIpc) is 2.96. The fourth-order valence-electron chi connectivity index (χ4n) is 3.04. The molecule has 0 unspecified atom stereocenters. The van der Waals surface area contributed by atoms with Crippen molar-refractivity contribution in [1.29, 1.82) is 0 Å². The third-order valence-electron chi connectivity index (χ3n) is 4.50. The summed E-state index contributed by atoms with van der Waals surface area (Å²) >= 11 is 1.69. The number of methoxy groups -OCH3 is 1. The first-order valence-electron chi connectivity index (χ1n) is 8.82. The van der Waals surface area contributed by atoms with Crippen LogP contribution in [0, 0.1) is 13.8 Å². The summed E-state index contributed by atoms with van der Waals surface area (Å²) in [6.45, 7) is 10.1. The fraction of sp³-hybridized carbons (Fsp3) is 0.526. The summed E-state index contributed by atoms with van der Waals surface area (Å²) in [5, 5.41) is 2.18. The van der Waals surface area contributed by atoms with Crippen molar-refractivity contribution in [3.63, 3.8) is 0 Å². The number of benzene rings is 1. The van der Waals surface area contributed by atoms with Crippen LogP contribution < -0.4 is 9.54 Å². The third kappa shape index (κ3) is 4.71. The molecule has 0 N–H and O–H groups in total. The molecule has 0 radical (unpaired) electrons. The Morgan fingerprint density at radius 3 is 2.76 bits per heavy atom. The minimum atomic E-state index is 0.816. The molecule has 0 saturated carbocycles. The molecule has 1 aliphatic rings. The molecule has 25 heavy (non-hydrogen) atoms. The lowest BCUT2D eigenvalue weighted by atomic mass is 10.2. The van der Waals surface area contributed by atoms with Crippen molar-refractivity contribution in [2.24, 2.45) is 4.99 Å². The van der Waals surface area contributed by atoms with Gasteiger partial charge in [0.05, 0.1) is 20.3 Å². The molecule has 1 aromatic heterocycles. The molecule has 5 nitrogen and oxygen atoms in total. The first-order valence-corrected chi connectivity index (χ1v) is 9.70. The number of ether oxygens (including phenoxy) is 2. The highest BCUT2D eigenvalue weighted by molar-refractivity contribution is 7.07. The molecule has 0 atom stereocenters. The van der Waals surface area contributed by atoms with Gasteiger partial charge in [0.2, 0.25) is 0 Å². The largest absolute Gasteiger partial charge is 0.494 e. The van der Waals surface area contributed by atoms with Gasteiger partial charge < -0.3 is 14.0 Å².